The largest absolute Gasteiger partial charge is 0.417 e. The first-order valence-electron chi connectivity index (χ1n) is 6.44. The van der Waals surface area contributed by atoms with Gasteiger partial charge >= 0.3 is 6.18 Å². The van der Waals surface area contributed by atoms with Crippen LogP contribution in [0.25, 0.3) is 0 Å². The minimum absolute atomic E-state index is 0.0421. The Morgan fingerprint density at radius 3 is 2.43 bits per heavy atom. The van der Waals surface area contributed by atoms with Gasteiger partial charge in [-0.15, -0.1) is 0 Å². The van der Waals surface area contributed by atoms with Crippen molar-refractivity contribution in [3.63, 3.8) is 0 Å². The molecule has 1 aromatic rings. The maximum Gasteiger partial charge on any atom is 0.417 e. The fourth-order valence-electron chi connectivity index (χ4n) is 2.09. The van der Waals surface area contributed by atoms with Crippen molar-refractivity contribution >= 4 is 10.0 Å². The molecular weight excluding hydrogens is 307 g/mol. The molecule has 4 nitrogen and oxygen atoms in total. The molecule has 1 aliphatic rings. The molecule has 2 rings (SSSR count). The number of nitrogens with zero attached hydrogens (tertiary/aromatic N) is 1. The molecule has 0 radical (unpaired) electrons. The van der Waals surface area contributed by atoms with Crippen molar-refractivity contribution in [2.75, 3.05) is 13.6 Å². The Kier molecular flexibility index (Phi) is 4.32. The molecule has 8 heteroatoms. The summed E-state index contributed by atoms with van der Waals surface area (Å²) in [6.07, 6.45) is -3.97. The minimum Gasteiger partial charge on any atom is -0.391 e. The molecule has 0 aliphatic heterocycles. The van der Waals surface area contributed by atoms with Crippen LogP contribution in [0, 0.1) is 5.92 Å². The summed E-state index contributed by atoms with van der Waals surface area (Å²) in [5.41, 5.74) is -1.20. The maximum absolute atomic E-state index is 12.9. The molecule has 0 aromatic heterocycles. The van der Waals surface area contributed by atoms with Crippen LogP contribution >= 0.6 is 0 Å². The number of sulfonamides is 1. The van der Waals surface area contributed by atoms with Gasteiger partial charge in [0.05, 0.1) is 16.6 Å². The van der Waals surface area contributed by atoms with Crippen molar-refractivity contribution in [1.82, 2.24) is 4.31 Å². The summed E-state index contributed by atoms with van der Waals surface area (Å²) in [5, 5.41) is 9.77. The van der Waals surface area contributed by atoms with Crippen molar-refractivity contribution in [3.05, 3.63) is 29.8 Å². The van der Waals surface area contributed by atoms with Gasteiger partial charge in [-0.25, -0.2) is 8.42 Å². The predicted octanol–water partition coefficient (Wildman–Crippen LogP) is 2.10. The average molecular weight is 323 g/mol. The highest BCUT2D eigenvalue weighted by atomic mass is 32.2. The van der Waals surface area contributed by atoms with E-state index in [1.165, 1.54) is 13.1 Å². The van der Waals surface area contributed by atoms with E-state index in [0.717, 1.165) is 35.3 Å². The van der Waals surface area contributed by atoms with Crippen LogP contribution in [0.3, 0.4) is 0 Å². The molecule has 0 saturated heterocycles. The third-order valence-corrected chi connectivity index (χ3v) is 5.37. The molecule has 0 amide bonds. The first kappa shape index (κ1) is 16.3. The summed E-state index contributed by atoms with van der Waals surface area (Å²) >= 11 is 0. The fourth-order valence-corrected chi connectivity index (χ4v) is 3.48. The zero-order valence-electron chi connectivity index (χ0n) is 11.3. The van der Waals surface area contributed by atoms with E-state index in [-0.39, 0.29) is 12.5 Å². The number of aliphatic hydroxyl groups excluding tert-OH is 1. The van der Waals surface area contributed by atoms with Gasteiger partial charge in [-0.05, 0) is 30.9 Å². The molecule has 0 spiro atoms. The Hall–Kier alpha value is -1.12. The first-order valence-corrected chi connectivity index (χ1v) is 7.88. The van der Waals surface area contributed by atoms with E-state index in [9.17, 15) is 26.7 Å². The molecule has 1 aromatic carbocycles. The summed E-state index contributed by atoms with van der Waals surface area (Å²) < 4.78 is 64.1. The minimum atomic E-state index is -4.75. The van der Waals surface area contributed by atoms with Crippen LogP contribution in [0.1, 0.15) is 18.4 Å². The molecule has 21 heavy (non-hydrogen) atoms. The number of alkyl halides is 3. The lowest BCUT2D eigenvalue weighted by Crippen LogP contribution is -2.36. The van der Waals surface area contributed by atoms with Crippen molar-refractivity contribution < 1.29 is 26.7 Å². The Morgan fingerprint density at radius 2 is 1.90 bits per heavy atom. The lowest BCUT2D eigenvalue weighted by molar-refractivity contribution is -0.139. The Morgan fingerprint density at radius 1 is 1.33 bits per heavy atom. The second kappa shape index (κ2) is 5.58. The van der Waals surface area contributed by atoms with Gasteiger partial charge in [0.1, 0.15) is 0 Å². The normalized spacial score (nSPS) is 18.0. The van der Waals surface area contributed by atoms with Gasteiger partial charge in [0.2, 0.25) is 10.0 Å². The molecule has 0 bridgehead atoms. The molecule has 1 fully saturated rings. The number of hydrogen-bond donors (Lipinski definition) is 1. The van der Waals surface area contributed by atoms with Crippen LogP contribution in [-0.4, -0.2) is 37.5 Å². The van der Waals surface area contributed by atoms with Crippen LogP contribution in [0.4, 0.5) is 13.2 Å². The fraction of sp³-hybridized carbons (Fsp3) is 0.538. The molecule has 1 unspecified atom stereocenters. The van der Waals surface area contributed by atoms with Crippen molar-refractivity contribution in [3.8, 4) is 0 Å². The first-order chi connectivity index (χ1) is 9.64. The Balaban J connectivity index is 2.30. The van der Waals surface area contributed by atoms with E-state index < -0.39 is 32.8 Å². The number of aliphatic hydroxyl groups is 1. The van der Waals surface area contributed by atoms with E-state index in [2.05, 4.69) is 0 Å². The molecular formula is C13H16F3NO3S. The van der Waals surface area contributed by atoms with E-state index in [1.807, 2.05) is 0 Å². The van der Waals surface area contributed by atoms with Gasteiger partial charge in [-0.2, -0.15) is 17.5 Å². The summed E-state index contributed by atoms with van der Waals surface area (Å²) in [7, 11) is -3.13. The number of benzene rings is 1. The number of hydrogen-bond acceptors (Lipinski definition) is 3. The Bertz CT molecular complexity index is 611. The van der Waals surface area contributed by atoms with E-state index in [0.29, 0.717) is 0 Å². The lowest BCUT2D eigenvalue weighted by Gasteiger charge is -2.22. The summed E-state index contributed by atoms with van der Waals surface area (Å²) in [5.74, 6) is 0.0421. The molecule has 118 valence electrons. The van der Waals surface area contributed by atoms with Gasteiger partial charge in [0, 0.05) is 13.6 Å². The van der Waals surface area contributed by atoms with Gasteiger partial charge in [0.25, 0.3) is 0 Å². The third kappa shape index (κ3) is 3.56. The smallest absolute Gasteiger partial charge is 0.391 e. The van der Waals surface area contributed by atoms with E-state index >= 15 is 0 Å². The van der Waals surface area contributed by atoms with Gasteiger partial charge < -0.3 is 5.11 Å². The maximum atomic E-state index is 12.9. The van der Waals surface area contributed by atoms with Crippen molar-refractivity contribution in [1.29, 1.82) is 0 Å². The molecule has 0 heterocycles. The van der Waals surface area contributed by atoms with Crippen LogP contribution in [0.2, 0.25) is 0 Å². The molecule has 1 N–H and O–H groups in total. The number of rotatable bonds is 5. The molecule has 1 atom stereocenters. The number of likely N-dealkylation sites (N-methyl/N-ethyl adjacent to an activating group) is 1. The average Bonchev–Trinajstić information content (AvgIpc) is 3.21. The van der Waals surface area contributed by atoms with Crippen molar-refractivity contribution in [2.45, 2.75) is 30.0 Å². The third-order valence-electron chi connectivity index (χ3n) is 3.49. The molecule has 1 saturated carbocycles. The SMILES string of the molecule is CN(CC(O)C1CC1)S(=O)(=O)c1ccccc1C(F)(F)F. The zero-order chi connectivity index (χ0) is 15.8. The molecule has 1 aliphatic carbocycles. The second-order valence-corrected chi connectivity index (χ2v) is 7.20. The van der Waals surface area contributed by atoms with E-state index in [1.54, 1.807) is 0 Å². The van der Waals surface area contributed by atoms with Crippen LogP contribution in [0.5, 0.6) is 0 Å². The summed E-state index contributed by atoms with van der Waals surface area (Å²) in [6.45, 7) is -0.209. The quantitative estimate of drug-likeness (QED) is 0.903. The topological polar surface area (TPSA) is 57.6 Å². The summed E-state index contributed by atoms with van der Waals surface area (Å²) in [6, 6.07) is 4.05. The van der Waals surface area contributed by atoms with Gasteiger partial charge in [0.15, 0.2) is 0 Å². The van der Waals surface area contributed by atoms with Gasteiger partial charge in [-0.3, -0.25) is 0 Å². The predicted molar refractivity (Wildman–Crippen MR) is 70.0 cm³/mol. The summed E-state index contributed by atoms with van der Waals surface area (Å²) in [4.78, 5) is -0.789. The van der Waals surface area contributed by atoms with Gasteiger partial charge in [-0.1, -0.05) is 12.1 Å². The highest BCUT2D eigenvalue weighted by Gasteiger charge is 2.39. The number of halogens is 3. The second-order valence-electron chi connectivity index (χ2n) is 5.18. The van der Waals surface area contributed by atoms with Crippen molar-refractivity contribution in [2.24, 2.45) is 5.92 Å². The monoisotopic (exact) mass is 323 g/mol. The van der Waals surface area contributed by atoms with E-state index in [4.69, 9.17) is 0 Å². The Labute approximate surface area is 121 Å². The highest BCUT2D eigenvalue weighted by molar-refractivity contribution is 7.89. The van der Waals surface area contributed by atoms with Crippen LogP contribution in [0.15, 0.2) is 29.2 Å². The standard InChI is InChI=1S/C13H16F3NO3S/c1-17(8-11(18)9-6-7-9)21(19,20)12-5-3-2-4-10(12)13(14,15)16/h2-5,9,11,18H,6-8H2,1H3. The lowest BCUT2D eigenvalue weighted by atomic mass is 10.2. The highest BCUT2D eigenvalue weighted by Crippen LogP contribution is 2.36. The van der Waals surface area contributed by atoms with Crippen LogP contribution in [-0.2, 0) is 16.2 Å². The zero-order valence-corrected chi connectivity index (χ0v) is 12.2. The van der Waals surface area contributed by atoms with Crippen LogP contribution < -0.4 is 0 Å².